The van der Waals surface area contributed by atoms with E-state index >= 15 is 0 Å². The third-order valence-corrected chi connectivity index (χ3v) is 4.16. The molecule has 0 radical (unpaired) electrons. The smallest absolute Gasteiger partial charge is 0.407 e. The van der Waals surface area contributed by atoms with Crippen LogP contribution < -0.4 is 11.2 Å². The number of nitrogens with two attached hydrogens (primary N) is 1. The molecule has 0 aromatic heterocycles. The molecule has 2 aliphatic rings. The van der Waals surface area contributed by atoms with E-state index in [1.54, 1.807) is 0 Å². The second-order valence-electron chi connectivity index (χ2n) is 5.47. The van der Waals surface area contributed by atoms with Crippen LogP contribution in [0.15, 0.2) is 24.3 Å². The molecule has 1 heterocycles. The first-order valence-corrected chi connectivity index (χ1v) is 6.56. The van der Waals surface area contributed by atoms with Crippen molar-refractivity contribution in [2.45, 2.75) is 37.3 Å². The predicted octanol–water partition coefficient (Wildman–Crippen LogP) is 1.82. The minimum atomic E-state index is -0.281. The molecule has 102 valence electrons. The Hall–Kier alpha value is -1.59. The average Bonchev–Trinajstić information content (AvgIpc) is 2.98. The summed E-state index contributed by atoms with van der Waals surface area (Å²) in [6.45, 7) is 0.931. The van der Waals surface area contributed by atoms with Gasteiger partial charge in [0, 0.05) is 0 Å². The van der Waals surface area contributed by atoms with Crippen LogP contribution in [0.25, 0.3) is 0 Å². The van der Waals surface area contributed by atoms with Crippen molar-refractivity contribution in [2.75, 3.05) is 6.61 Å². The van der Waals surface area contributed by atoms with Gasteiger partial charge < -0.3 is 10.1 Å². The summed E-state index contributed by atoms with van der Waals surface area (Å²) in [5.74, 6) is 5.54. The Bertz CT molecular complexity index is 474. The van der Waals surface area contributed by atoms with Crippen LogP contribution in [0.2, 0.25) is 0 Å². The summed E-state index contributed by atoms with van der Waals surface area (Å²) in [6.07, 6.45) is 2.73. The minimum Gasteiger partial charge on any atom is -0.447 e. The molecule has 2 fully saturated rings. The number of hydrogen-bond donors (Lipinski definition) is 2. The zero-order valence-corrected chi connectivity index (χ0v) is 10.7. The number of hydrogen-bond acceptors (Lipinski definition) is 4. The molecule has 0 unspecified atom stereocenters. The average molecular weight is 262 g/mol. The molecular formula is C14H18N2O3. The molecule has 1 amide bonds. The van der Waals surface area contributed by atoms with Crippen LogP contribution in [0.3, 0.4) is 0 Å². The molecule has 0 bridgehead atoms. The fourth-order valence-corrected chi connectivity index (χ4v) is 3.13. The van der Waals surface area contributed by atoms with E-state index in [1.165, 1.54) is 5.56 Å². The van der Waals surface area contributed by atoms with E-state index in [9.17, 15) is 4.79 Å². The lowest BCUT2D eigenvalue weighted by atomic mass is 9.93. The summed E-state index contributed by atoms with van der Waals surface area (Å²) in [5.41, 5.74) is 2.23. The highest BCUT2D eigenvalue weighted by Gasteiger charge is 2.45. The molecule has 1 spiro atoms. The molecule has 5 heteroatoms. The highest BCUT2D eigenvalue weighted by molar-refractivity contribution is 5.70. The highest BCUT2D eigenvalue weighted by atomic mass is 16.6. The van der Waals surface area contributed by atoms with Crippen molar-refractivity contribution in [3.8, 4) is 0 Å². The minimum absolute atomic E-state index is 0.138. The van der Waals surface area contributed by atoms with E-state index in [-0.39, 0.29) is 11.6 Å². The summed E-state index contributed by atoms with van der Waals surface area (Å²) in [5, 5.41) is 2.96. The van der Waals surface area contributed by atoms with Gasteiger partial charge in [0.15, 0.2) is 0 Å². The van der Waals surface area contributed by atoms with E-state index in [2.05, 4.69) is 22.3 Å². The van der Waals surface area contributed by atoms with Crippen LogP contribution in [0.4, 0.5) is 4.79 Å². The predicted molar refractivity (Wildman–Crippen MR) is 69.2 cm³/mol. The highest BCUT2D eigenvalue weighted by Crippen LogP contribution is 2.42. The maximum absolute atomic E-state index is 11.2. The molecule has 1 saturated carbocycles. The van der Waals surface area contributed by atoms with Crippen molar-refractivity contribution in [2.24, 2.45) is 5.90 Å². The molecule has 1 aromatic carbocycles. The van der Waals surface area contributed by atoms with Gasteiger partial charge in [-0.15, -0.1) is 0 Å². The van der Waals surface area contributed by atoms with Gasteiger partial charge in [0.25, 0.3) is 0 Å². The third kappa shape index (κ3) is 2.43. The van der Waals surface area contributed by atoms with Crippen LogP contribution in [0, 0.1) is 0 Å². The van der Waals surface area contributed by atoms with Gasteiger partial charge in [-0.3, -0.25) is 4.84 Å². The molecule has 5 nitrogen and oxygen atoms in total. The maximum atomic E-state index is 11.2. The van der Waals surface area contributed by atoms with Crippen molar-refractivity contribution >= 4 is 6.09 Å². The van der Waals surface area contributed by atoms with Crippen LogP contribution in [0.1, 0.15) is 36.3 Å². The van der Waals surface area contributed by atoms with Crippen molar-refractivity contribution in [3.63, 3.8) is 0 Å². The number of benzene rings is 1. The normalized spacial score (nSPS) is 29.5. The Balaban J connectivity index is 1.69. The number of nitrogens with one attached hydrogen (secondary N) is 1. The summed E-state index contributed by atoms with van der Waals surface area (Å²) in [7, 11) is 0. The Kier molecular flexibility index (Phi) is 3.16. The van der Waals surface area contributed by atoms with Gasteiger partial charge in [0.2, 0.25) is 0 Å². The molecule has 2 atom stereocenters. The summed E-state index contributed by atoms with van der Waals surface area (Å²) in [4.78, 5) is 15.8. The summed E-state index contributed by atoms with van der Waals surface area (Å²) >= 11 is 0. The molecule has 1 aliphatic heterocycles. The molecular weight excluding hydrogens is 244 g/mol. The van der Waals surface area contributed by atoms with Crippen molar-refractivity contribution in [3.05, 3.63) is 35.4 Å². The number of carbonyl (C=O) groups excluding carboxylic acids is 1. The molecule has 1 aliphatic carbocycles. The SMILES string of the molecule is NOCc1ccc([C@@H]2CC[C@]3(COC(=O)N3)C2)cc1. The van der Waals surface area contributed by atoms with E-state index in [1.807, 2.05) is 12.1 Å². The van der Waals surface area contributed by atoms with Crippen molar-refractivity contribution in [1.82, 2.24) is 5.32 Å². The summed E-state index contributed by atoms with van der Waals surface area (Å²) in [6, 6.07) is 8.32. The number of alkyl carbamates (subject to hydrolysis) is 1. The number of rotatable bonds is 3. The van der Waals surface area contributed by atoms with Gasteiger partial charge in [0.05, 0.1) is 12.1 Å². The first-order chi connectivity index (χ1) is 9.21. The maximum Gasteiger partial charge on any atom is 0.407 e. The Morgan fingerprint density at radius 3 is 2.84 bits per heavy atom. The van der Waals surface area contributed by atoms with Gasteiger partial charge in [-0.2, -0.15) is 0 Å². The second-order valence-corrected chi connectivity index (χ2v) is 5.47. The number of ether oxygens (including phenoxy) is 1. The summed E-state index contributed by atoms with van der Waals surface area (Å²) < 4.78 is 5.05. The van der Waals surface area contributed by atoms with E-state index in [0.29, 0.717) is 19.1 Å². The van der Waals surface area contributed by atoms with Gasteiger partial charge in [-0.25, -0.2) is 10.7 Å². The fraction of sp³-hybridized carbons (Fsp3) is 0.500. The van der Waals surface area contributed by atoms with E-state index in [0.717, 1.165) is 24.8 Å². The second kappa shape index (κ2) is 4.83. The molecule has 1 aromatic rings. The van der Waals surface area contributed by atoms with Crippen molar-refractivity contribution in [1.29, 1.82) is 0 Å². The van der Waals surface area contributed by atoms with Gasteiger partial charge >= 0.3 is 6.09 Å². The lowest BCUT2D eigenvalue weighted by molar-refractivity contribution is 0.124. The topological polar surface area (TPSA) is 73.6 Å². The van der Waals surface area contributed by atoms with E-state index in [4.69, 9.17) is 10.6 Å². The number of amides is 1. The van der Waals surface area contributed by atoms with Crippen LogP contribution >= 0.6 is 0 Å². The van der Waals surface area contributed by atoms with Gasteiger partial charge in [-0.05, 0) is 36.3 Å². The quantitative estimate of drug-likeness (QED) is 0.815. The van der Waals surface area contributed by atoms with Crippen LogP contribution in [-0.2, 0) is 16.2 Å². The number of carbonyl (C=O) groups is 1. The first kappa shape index (κ1) is 12.4. The van der Waals surface area contributed by atoms with E-state index < -0.39 is 0 Å². The largest absolute Gasteiger partial charge is 0.447 e. The fourth-order valence-electron chi connectivity index (χ4n) is 3.13. The lowest BCUT2D eigenvalue weighted by Gasteiger charge is -2.20. The van der Waals surface area contributed by atoms with Gasteiger partial charge in [-0.1, -0.05) is 24.3 Å². The Morgan fingerprint density at radius 2 is 2.21 bits per heavy atom. The lowest BCUT2D eigenvalue weighted by Crippen LogP contribution is -2.40. The zero-order chi connectivity index (χ0) is 13.3. The first-order valence-electron chi connectivity index (χ1n) is 6.56. The Labute approximate surface area is 112 Å². The third-order valence-electron chi connectivity index (χ3n) is 4.16. The molecule has 3 N–H and O–H groups in total. The van der Waals surface area contributed by atoms with Gasteiger partial charge in [0.1, 0.15) is 6.61 Å². The standard InChI is InChI=1S/C14H18N2O3/c15-19-8-10-1-3-11(4-2-10)12-5-6-14(7-12)9-18-13(17)16-14/h1-4,12H,5-9,15H2,(H,16,17)/t12-,14-/m1/s1. The van der Waals surface area contributed by atoms with Crippen LogP contribution in [-0.4, -0.2) is 18.2 Å². The molecule has 1 saturated heterocycles. The Morgan fingerprint density at radius 1 is 1.42 bits per heavy atom. The number of cyclic esters (lactones) is 1. The zero-order valence-electron chi connectivity index (χ0n) is 10.7. The van der Waals surface area contributed by atoms with Crippen LogP contribution in [0.5, 0.6) is 0 Å². The van der Waals surface area contributed by atoms with Crippen molar-refractivity contribution < 1.29 is 14.4 Å². The molecule has 3 rings (SSSR count). The monoisotopic (exact) mass is 262 g/mol. The molecule has 19 heavy (non-hydrogen) atoms.